The summed E-state index contributed by atoms with van der Waals surface area (Å²) in [4.78, 5) is 0. The van der Waals surface area contributed by atoms with Crippen LogP contribution in [0.1, 0.15) is 18.4 Å². The van der Waals surface area contributed by atoms with E-state index in [1.807, 2.05) is 6.92 Å². The Morgan fingerprint density at radius 1 is 1.41 bits per heavy atom. The molecule has 1 aliphatic heterocycles. The van der Waals surface area contributed by atoms with E-state index in [-0.39, 0.29) is 5.82 Å². The molecule has 5 heteroatoms. The molecule has 0 unspecified atom stereocenters. The van der Waals surface area contributed by atoms with Gasteiger partial charge in [-0.25, -0.2) is 4.39 Å². The van der Waals surface area contributed by atoms with Crippen molar-refractivity contribution in [1.29, 1.82) is 0 Å². The first-order valence-corrected chi connectivity index (χ1v) is 7.91. The Morgan fingerprint density at radius 3 is 2.71 bits per heavy atom. The van der Waals surface area contributed by atoms with Crippen molar-refractivity contribution in [3.8, 4) is 0 Å². The Kier molecular flexibility index (Phi) is 4.20. The smallest absolute Gasteiger partial charge is 0.137 e. The molecule has 2 rings (SSSR count). The number of benzene rings is 1. The van der Waals surface area contributed by atoms with E-state index in [9.17, 15) is 8.60 Å². The summed E-state index contributed by atoms with van der Waals surface area (Å²) in [5, 5.41) is 3.41. The van der Waals surface area contributed by atoms with E-state index in [1.54, 1.807) is 6.07 Å². The predicted octanol–water partition coefficient (Wildman–Crippen LogP) is 3.22. The van der Waals surface area contributed by atoms with Gasteiger partial charge in [0.05, 0.1) is 4.47 Å². The first kappa shape index (κ1) is 13.0. The van der Waals surface area contributed by atoms with Gasteiger partial charge in [0.25, 0.3) is 0 Å². The van der Waals surface area contributed by atoms with Crippen LogP contribution in [0.25, 0.3) is 0 Å². The molecule has 0 saturated carbocycles. The standard InChI is InChI=1S/C12H15BrFNOS/c1-8-6-11(14)10(13)7-12(8)15-9-2-4-17(16)5-3-9/h6-7,9,15H,2-5H2,1H3. The molecule has 1 N–H and O–H groups in total. The molecular formula is C12H15BrFNOS. The lowest BCUT2D eigenvalue weighted by atomic mass is 10.1. The van der Waals surface area contributed by atoms with Crippen LogP contribution in [-0.2, 0) is 10.8 Å². The van der Waals surface area contributed by atoms with Crippen LogP contribution in [0, 0.1) is 12.7 Å². The Bertz CT molecular complexity index is 442. The van der Waals surface area contributed by atoms with Gasteiger partial charge in [0.15, 0.2) is 0 Å². The van der Waals surface area contributed by atoms with Crippen LogP contribution in [0.4, 0.5) is 10.1 Å². The summed E-state index contributed by atoms with van der Waals surface area (Å²) in [7, 11) is -0.642. The van der Waals surface area contributed by atoms with E-state index in [1.165, 1.54) is 6.07 Å². The maximum Gasteiger partial charge on any atom is 0.137 e. The summed E-state index contributed by atoms with van der Waals surface area (Å²) in [6.45, 7) is 1.89. The van der Waals surface area contributed by atoms with Crippen molar-refractivity contribution >= 4 is 32.4 Å². The molecule has 1 aromatic rings. The zero-order valence-electron chi connectivity index (χ0n) is 9.63. The molecule has 0 radical (unpaired) electrons. The molecule has 0 aliphatic carbocycles. The minimum Gasteiger partial charge on any atom is -0.382 e. The molecule has 0 atom stereocenters. The Hall–Kier alpha value is -0.420. The minimum absolute atomic E-state index is 0.238. The highest BCUT2D eigenvalue weighted by Gasteiger charge is 2.18. The number of hydrogen-bond donors (Lipinski definition) is 1. The first-order chi connectivity index (χ1) is 8.06. The van der Waals surface area contributed by atoms with Crippen molar-refractivity contribution in [3.05, 3.63) is 28.0 Å². The lowest BCUT2D eigenvalue weighted by molar-refractivity contribution is 0.616. The van der Waals surface area contributed by atoms with Gasteiger partial charge < -0.3 is 5.32 Å². The van der Waals surface area contributed by atoms with Crippen LogP contribution in [0.3, 0.4) is 0 Å². The molecule has 0 spiro atoms. The van der Waals surface area contributed by atoms with E-state index < -0.39 is 10.8 Å². The third kappa shape index (κ3) is 3.28. The van der Waals surface area contributed by atoms with Gasteiger partial charge in [0.2, 0.25) is 0 Å². The molecule has 0 amide bonds. The number of aryl methyl sites for hydroxylation is 1. The molecule has 1 aliphatic rings. The Balaban J connectivity index is 2.08. The summed E-state index contributed by atoms with van der Waals surface area (Å²) >= 11 is 3.19. The van der Waals surface area contributed by atoms with Crippen molar-refractivity contribution in [1.82, 2.24) is 0 Å². The monoisotopic (exact) mass is 319 g/mol. The van der Waals surface area contributed by atoms with Crippen LogP contribution in [0.15, 0.2) is 16.6 Å². The summed E-state index contributed by atoms with van der Waals surface area (Å²) in [6.07, 6.45) is 1.84. The molecule has 2 nitrogen and oxygen atoms in total. The van der Waals surface area contributed by atoms with Crippen molar-refractivity contribution in [2.24, 2.45) is 0 Å². The van der Waals surface area contributed by atoms with E-state index in [0.29, 0.717) is 10.5 Å². The zero-order chi connectivity index (χ0) is 12.4. The second kappa shape index (κ2) is 5.48. The molecule has 1 heterocycles. The molecule has 1 aromatic carbocycles. The fourth-order valence-corrected chi connectivity index (χ4v) is 3.60. The molecule has 94 valence electrons. The summed E-state index contributed by atoms with van der Waals surface area (Å²) in [6, 6.07) is 3.65. The minimum atomic E-state index is -0.642. The third-order valence-electron chi connectivity index (χ3n) is 3.01. The molecule has 17 heavy (non-hydrogen) atoms. The van der Waals surface area contributed by atoms with Gasteiger partial charge in [-0.3, -0.25) is 4.21 Å². The summed E-state index contributed by atoms with van der Waals surface area (Å²) in [5.41, 5.74) is 1.85. The van der Waals surface area contributed by atoms with Gasteiger partial charge in [0, 0.05) is 34.0 Å². The Morgan fingerprint density at radius 2 is 2.06 bits per heavy atom. The second-order valence-corrected chi connectivity index (χ2v) is 6.90. The van der Waals surface area contributed by atoms with Crippen molar-refractivity contribution in [2.75, 3.05) is 16.8 Å². The van der Waals surface area contributed by atoms with Crippen molar-refractivity contribution in [3.63, 3.8) is 0 Å². The fraction of sp³-hybridized carbons (Fsp3) is 0.500. The SMILES string of the molecule is Cc1cc(F)c(Br)cc1NC1CCS(=O)CC1. The number of anilines is 1. The second-order valence-electron chi connectivity index (χ2n) is 4.35. The summed E-state index contributed by atoms with van der Waals surface area (Å²) < 4.78 is 25.0. The van der Waals surface area contributed by atoms with Gasteiger partial charge in [-0.15, -0.1) is 0 Å². The normalized spacial score (nSPS) is 24.6. The maximum absolute atomic E-state index is 13.3. The van der Waals surface area contributed by atoms with Crippen LogP contribution in [-0.4, -0.2) is 21.8 Å². The van der Waals surface area contributed by atoms with Crippen molar-refractivity contribution in [2.45, 2.75) is 25.8 Å². The van der Waals surface area contributed by atoms with Crippen molar-refractivity contribution < 1.29 is 8.60 Å². The Labute approximate surface area is 112 Å². The van der Waals surface area contributed by atoms with E-state index in [2.05, 4.69) is 21.2 Å². The number of rotatable bonds is 2. The average Bonchev–Trinajstić information content (AvgIpc) is 2.29. The number of nitrogens with one attached hydrogen (secondary N) is 1. The highest BCUT2D eigenvalue weighted by atomic mass is 79.9. The largest absolute Gasteiger partial charge is 0.382 e. The van der Waals surface area contributed by atoms with Gasteiger partial charge in [-0.2, -0.15) is 0 Å². The molecule has 1 fully saturated rings. The zero-order valence-corrected chi connectivity index (χ0v) is 12.0. The number of halogens is 2. The lowest BCUT2D eigenvalue weighted by Gasteiger charge is -2.24. The highest BCUT2D eigenvalue weighted by Crippen LogP contribution is 2.26. The third-order valence-corrected chi connectivity index (χ3v) is 5.00. The van der Waals surface area contributed by atoms with E-state index >= 15 is 0 Å². The van der Waals surface area contributed by atoms with Gasteiger partial charge >= 0.3 is 0 Å². The summed E-state index contributed by atoms with van der Waals surface area (Å²) in [5.74, 6) is 1.29. The quantitative estimate of drug-likeness (QED) is 0.906. The van der Waals surface area contributed by atoms with E-state index in [0.717, 1.165) is 35.6 Å². The predicted molar refractivity (Wildman–Crippen MR) is 73.4 cm³/mol. The van der Waals surface area contributed by atoms with Crippen LogP contribution in [0.5, 0.6) is 0 Å². The molecule has 0 bridgehead atoms. The maximum atomic E-state index is 13.3. The molecule has 0 aromatic heterocycles. The van der Waals surface area contributed by atoms with Crippen LogP contribution < -0.4 is 5.32 Å². The topological polar surface area (TPSA) is 29.1 Å². The van der Waals surface area contributed by atoms with Gasteiger partial charge in [0.1, 0.15) is 5.82 Å². The average molecular weight is 320 g/mol. The van der Waals surface area contributed by atoms with Crippen LogP contribution >= 0.6 is 15.9 Å². The fourth-order valence-electron chi connectivity index (χ4n) is 1.96. The van der Waals surface area contributed by atoms with Crippen LogP contribution in [0.2, 0.25) is 0 Å². The van der Waals surface area contributed by atoms with E-state index in [4.69, 9.17) is 0 Å². The van der Waals surface area contributed by atoms with Gasteiger partial charge in [-0.1, -0.05) is 0 Å². The lowest BCUT2D eigenvalue weighted by Crippen LogP contribution is -2.29. The first-order valence-electron chi connectivity index (χ1n) is 5.63. The highest BCUT2D eigenvalue weighted by molar-refractivity contribution is 9.10. The molecular weight excluding hydrogens is 305 g/mol. The van der Waals surface area contributed by atoms with Gasteiger partial charge in [-0.05, 0) is 53.4 Å². The number of hydrogen-bond acceptors (Lipinski definition) is 2. The molecule has 1 saturated heterocycles.